The molecule has 1 aliphatic carbocycles. The molecule has 2 aliphatic rings. The molecule has 0 amide bonds. The maximum absolute atomic E-state index is 13.4. The Hall–Kier alpha value is -0.930. The number of aliphatic hydroxyl groups excluding tert-OH is 1. The van der Waals surface area contributed by atoms with Crippen LogP contribution in [0.5, 0.6) is 0 Å². The van der Waals surface area contributed by atoms with E-state index in [-0.39, 0.29) is 30.0 Å². The molecular weight excluding hydrogens is 267 g/mol. The van der Waals surface area contributed by atoms with Crippen molar-refractivity contribution in [1.82, 2.24) is 0 Å². The van der Waals surface area contributed by atoms with E-state index in [4.69, 9.17) is 4.74 Å². The van der Waals surface area contributed by atoms with Crippen LogP contribution < -0.4 is 0 Å². The average molecular weight is 292 g/mol. The van der Waals surface area contributed by atoms with Crippen LogP contribution in [-0.4, -0.2) is 23.4 Å². The molecule has 1 aromatic rings. The molecule has 1 saturated carbocycles. The van der Waals surface area contributed by atoms with Gasteiger partial charge in [-0.3, -0.25) is 0 Å². The van der Waals surface area contributed by atoms with Gasteiger partial charge in [0.1, 0.15) is 5.82 Å². The highest BCUT2D eigenvalue weighted by Gasteiger charge is 2.41. The van der Waals surface area contributed by atoms with Crippen LogP contribution in [0.25, 0.3) is 0 Å². The van der Waals surface area contributed by atoms with Crippen molar-refractivity contribution >= 4 is 0 Å². The summed E-state index contributed by atoms with van der Waals surface area (Å²) >= 11 is 0. The quantitative estimate of drug-likeness (QED) is 0.902. The summed E-state index contributed by atoms with van der Waals surface area (Å²) in [7, 11) is 0. The Balaban J connectivity index is 1.63. The van der Waals surface area contributed by atoms with Gasteiger partial charge < -0.3 is 9.84 Å². The fourth-order valence-corrected chi connectivity index (χ4v) is 4.02. The van der Waals surface area contributed by atoms with E-state index in [1.54, 1.807) is 6.07 Å². The highest BCUT2D eigenvalue weighted by Crippen LogP contribution is 2.43. The average Bonchev–Trinajstić information content (AvgIpc) is 2.88. The van der Waals surface area contributed by atoms with Crippen LogP contribution in [-0.2, 0) is 4.74 Å². The van der Waals surface area contributed by atoms with Crippen molar-refractivity contribution in [1.29, 1.82) is 0 Å². The normalized spacial score (nSPS) is 26.1. The maximum atomic E-state index is 13.4. The van der Waals surface area contributed by atoms with Gasteiger partial charge in [0.2, 0.25) is 0 Å². The van der Waals surface area contributed by atoms with Crippen LogP contribution in [0.15, 0.2) is 24.3 Å². The van der Waals surface area contributed by atoms with E-state index >= 15 is 0 Å². The van der Waals surface area contributed by atoms with Gasteiger partial charge in [-0.05, 0) is 49.8 Å². The predicted octanol–water partition coefficient (Wildman–Crippen LogP) is 4.17. The van der Waals surface area contributed by atoms with Gasteiger partial charge in [-0.25, -0.2) is 4.39 Å². The molecule has 1 N–H and O–H groups in total. The monoisotopic (exact) mass is 292 g/mol. The first-order valence-electron chi connectivity index (χ1n) is 8.25. The van der Waals surface area contributed by atoms with E-state index in [0.29, 0.717) is 0 Å². The van der Waals surface area contributed by atoms with Crippen molar-refractivity contribution in [3.05, 3.63) is 35.6 Å². The molecule has 1 heterocycles. The van der Waals surface area contributed by atoms with Crippen LogP contribution in [0.2, 0.25) is 0 Å². The zero-order valence-electron chi connectivity index (χ0n) is 12.6. The topological polar surface area (TPSA) is 29.5 Å². The zero-order chi connectivity index (χ0) is 14.7. The molecule has 1 aromatic carbocycles. The van der Waals surface area contributed by atoms with Crippen LogP contribution in [0, 0.1) is 5.82 Å². The third-order valence-corrected chi connectivity index (χ3v) is 5.19. The molecular formula is C18H25FO2. The Kier molecular flexibility index (Phi) is 4.60. The van der Waals surface area contributed by atoms with Crippen LogP contribution in [0.3, 0.4) is 0 Å². The van der Waals surface area contributed by atoms with E-state index in [9.17, 15) is 9.50 Å². The lowest BCUT2D eigenvalue weighted by Crippen LogP contribution is -2.32. The standard InChI is InChI=1S/C18H25FO2/c19-16-6-4-5-14(11-16)15(13-20)12-17-7-10-18(21-17)8-2-1-3-9-18/h4-6,11,15,17,20H,1-3,7-10,12-13H2. The molecule has 2 atom stereocenters. The molecule has 2 unspecified atom stereocenters. The van der Waals surface area contributed by atoms with Gasteiger partial charge in [-0.15, -0.1) is 0 Å². The molecule has 116 valence electrons. The summed E-state index contributed by atoms with van der Waals surface area (Å²) in [5.41, 5.74) is 0.996. The van der Waals surface area contributed by atoms with Crippen molar-refractivity contribution < 1.29 is 14.2 Å². The zero-order valence-corrected chi connectivity index (χ0v) is 12.6. The summed E-state index contributed by atoms with van der Waals surface area (Å²) in [4.78, 5) is 0. The second kappa shape index (κ2) is 6.45. The molecule has 1 saturated heterocycles. The minimum atomic E-state index is -0.234. The van der Waals surface area contributed by atoms with E-state index in [0.717, 1.165) is 24.8 Å². The lowest BCUT2D eigenvalue weighted by atomic mass is 9.83. The Morgan fingerprint density at radius 2 is 2.05 bits per heavy atom. The third kappa shape index (κ3) is 3.46. The van der Waals surface area contributed by atoms with Crippen LogP contribution >= 0.6 is 0 Å². The van der Waals surface area contributed by atoms with Crippen molar-refractivity contribution in [3.8, 4) is 0 Å². The first-order valence-corrected chi connectivity index (χ1v) is 8.25. The van der Waals surface area contributed by atoms with E-state index in [1.165, 1.54) is 44.2 Å². The van der Waals surface area contributed by atoms with Crippen LogP contribution in [0.1, 0.15) is 62.8 Å². The summed E-state index contributed by atoms with van der Waals surface area (Å²) in [6.45, 7) is 0.0519. The number of halogens is 1. The Labute approximate surface area is 126 Å². The van der Waals surface area contributed by atoms with E-state index in [1.807, 2.05) is 6.07 Å². The largest absolute Gasteiger partial charge is 0.396 e. The molecule has 2 fully saturated rings. The Morgan fingerprint density at radius 3 is 2.76 bits per heavy atom. The molecule has 0 aromatic heterocycles. The van der Waals surface area contributed by atoms with Gasteiger partial charge in [-0.1, -0.05) is 31.4 Å². The summed E-state index contributed by atoms with van der Waals surface area (Å²) in [6, 6.07) is 6.59. The molecule has 3 heteroatoms. The van der Waals surface area contributed by atoms with Gasteiger partial charge in [0.05, 0.1) is 18.3 Å². The minimum absolute atomic E-state index is 0.0237. The molecule has 2 nitrogen and oxygen atoms in total. The number of ether oxygens (including phenoxy) is 1. The molecule has 3 rings (SSSR count). The molecule has 1 spiro atoms. The smallest absolute Gasteiger partial charge is 0.123 e. The number of hydrogen-bond donors (Lipinski definition) is 1. The summed E-state index contributed by atoms with van der Waals surface area (Å²) < 4.78 is 19.7. The molecule has 1 aliphatic heterocycles. The number of benzene rings is 1. The predicted molar refractivity (Wildman–Crippen MR) is 80.8 cm³/mol. The molecule has 0 bridgehead atoms. The second-order valence-corrected chi connectivity index (χ2v) is 6.69. The third-order valence-electron chi connectivity index (χ3n) is 5.19. The molecule has 21 heavy (non-hydrogen) atoms. The lowest BCUT2D eigenvalue weighted by Gasteiger charge is -2.33. The van der Waals surface area contributed by atoms with Crippen molar-refractivity contribution in [2.45, 2.75) is 69.0 Å². The summed E-state index contributed by atoms with van der Waals surface area (Å²) in [5, 5.41) is 9.65. The summed E-state index contributed by atoms with van der Waals surface area (Å²) in [5.74, 6) is -0.258. The Bertz CT molecular complexity index is 468. The number of rotatable bonds is 4. The summed E-state index contributed by atoms with van der Waals surface area (Å²) in [6.07, 6.45) is 9.49. The fourth-order valence-electron chi connectivity index (χ4n) is 4.02. The Morgan fingerprint density at radius 1 is 1.24 bits per heavy atom. The van der Waals surface area contributed by atoms with Crippen molar-refractivity contribution in [2.75, 3.05) is 6.61 Å². The van der Waals surface area contributed by atoms with E-state index in [2.05, 4.69) is 0 Å². The fraction of sp³-hybridized carbons (Fsp3) is 0.667. The SMILES string of the molecule is OCC(CC1CCC2(CCCCC2)O1)c1cccc(F)c1. The lowest BCUT2D eigenvalue weighted by molar-refractivity contribution is -0.0685. The number of aliphatic hydroxyl groups is 1. The number of hydrogen-bond acceptors (Lipinski definition) is 2. The minimum Gasteiger partial charge on any atom is -0.396 e. The molecule has 0 radical (unpaired) electrons. The van der Waals surface area contributed by atoms with Gasteiger partial charge in [-0.2, -0.15) is 0 Å². The maximum Gasteiger partial charge on any atom is 0.123 e. The van der Waals surface area contributed by atoms with Gasteiger partial charge in [0.25, 0.3) is 0 Å². The van der Waals surface area contributed by atoms with Gasteiger partial charge in [0.15, 0.2) is 0 Å². The highest BCUT2D eigenvalue weighted by molar-refractivity contribution is 5.21. The van der Waals surface area contributed by atoms with Crippen molar-refractivity contribution in [3.63, 3.8) is 0 Å². The van der Waals surface area contributed by atoms with Gasteiger partial charge >= 0.3 is 0 Å². The first-order chi connectivity index (χ1) is 10.2. The van der Waals surface area contributed by atoms with Crippen molar-refractivity contribution in [2.24, 2.45) is 0 Å². The first kappa shape index (κ1) is 15.0. The second-order valence-electron chi connectivity index (χ2n) is 6.69. The van der Waals surface area contributed by atoms with E-state index < -0.39 is 0 Å². The van der Waals surface area contributed by atoms with Crippen LogP contribution in [0.4, 0.5) is 4.39 Å². The highest BCUT2D eigenvalue weighted by atomic mass is 19.1. The van der Waals surface area contributed by atoms with Gasteiger partial charge in [0, 0.05) is 5.92 Å².